The van der Waals surface area contributed by atoms with Gasteiger partial charge >= 0.3 is 0 Å². The number of carbonyl (C=O) groups excluding carboxylic acids is 1. The van der Waals surface area contributed by atoms with Crippen LogP contribution in [0.1, 0.15) is 40.9 Å². The number of hydrogen-bond donors (Lipinski definition) is 0. The zero-order valence-corrected chi connectivity index (χ0v) is 12.2. The van der Waals surface area contributed by atoms with Crippen LogP contribution < -0.4 is 0 Å². The van der Waals surface area contributed by atoms with Gasteiger partial charge in [-0.3, -0.25) is 4.79 Å². The Bertz CT molecular complexity index is 838. The molecular formula is C20H16O. The second kappa shape index (κ2) is 4.05. The van der Waals surface area contributed by atoms with E-state index in [1.807, 2.05) is 36.4 Å². The Morgan fingerprint density at radius 3 is 2.10 bits per heavy atom. The summed E-state index contributed by atoms with van der Waals surface area (Å²) in [7, 11) is 0. The van der Waals surface area contributed by atoms with Crippen LogP contribution in [0.5, 0.6) is 0 Å². The lowest BCUT2D eigenvalue weighted by molar-refractivity contribution is 0.0931. The zero-order valence-electron chi connectivity index (χ0n) is 12.2. The highest BCUT2D eigenvalue weighted by atomic mass is 16.1. The average Bonchev–Trinajstić information content (AvgIpc) is 2.78. The lowest BCUT2D eigenvalue weighted by atomic mass is 9.64. The van der Waals surface area contributed by atoms with Crippen molar-refractivity contribution in [1.29, 1.82) is 0 Å². The first-order chi connectivity index (χ1) is 10.2. The molecule has 0 N–H and O–H groups in total. The van der Waals surface area contributed by atoms with Crippen molar-refractivity contribution in [3.05, 3.63) is 81.9 Å². The lowest BCUT2D eigenvalue weighted by Crippen LogP contribution is -2.39. The third kappa shape index (κ3) is 1.38. The molecule has 0 saturated heterocycles. The van der Waals surface area contributed by atoms with Gasteiger partial charge in [-0.1, -0.05) is 71.8 Å². The van der Waals surface area contributed by atoms with Crippen molar-refractivity contribution in [2.24, 2.45) is 0 Å². The van der Waals surface area contributed by atoms with Crippen LogP contribution in [0.3, 0.4) is 0 Å². The molecule has 2 aliphatic rings. The molecule has 0 amide bonds. The SMILES string of the molecule is CC1=Cc2ccccc2C(=O)C12C(C)=Cc1ccccc12. The fourth-order valence-electron chi connectivity index (χ4n) is 3.90. The van der Waals surface area contributed by atoms with E-state index in [1.165, 1.54) is 0 Å². The second-order valence-electron chi connectivity index (χ2n) is 5.91. The van der Waals surface area contributed by atoms with Crippen LogP contribution in [-0.4, -0.2) is 5.78 Å². The van der Waals surface area contributed by atoms with Gasteiger partial charge in [0.25, 0.3) is 0 Å². The Kier molecular flexibility index (Phi) is 2.38. The fraction of sp³-hybridized carbons (Fsp3) is 0.150. The number of hydrogen-bond acceptors (Lipinski definition) is 1. The molecule has 0 aliphatic heterocycles. The summed E-state index contributed by atoms with van der Waals surface area (Å²) in [6.07, 6.45) is 4.31. The van der Waals surface area contributed by atoms with E-state index >= 15 is 0 Å². The summed E-state index contributed by atoms with van der Waals surface area (Å²) < 4.78 is 0. The molecule has 1 atom stereocenters. The van der Waals surface area contributed by atoms with Gasteiger partial charge in [0.2, 0.25) is 0 Å². The molecule has 102 valence electrons. The van der Waals surface area contributed by atoms with Crippen LogP contribution in [0.15, 0.2) is 59.7 Å². The van der Waals surface area contributed by atoms with Gasteiger partial charge in [0.15, 0.2) is 5.78 Å². The van der Waals surface area contributed by atoms with Gasteiger partial charge < -0.3 is 0 Å². The Hall–Kier alpha value is -2.41. The van der Waals surface area contributed by atoms with E-state index < -0.39 is 5.41 Å². The van der Waals surface area contributed by atoms with Gasteiger partial charge in [-0.15, -0.1) is 0 Å². The summed E-state index contributed by atoms with van der Waals surface area (Å²) in [6.45, 7) is 4.15. The van der Waals surface area contributed by atoms with Crippen molar-refractivity contribution >= 4 is 17.9 Å². The molecule has 1 nitrogen and oxygen atoms in total. The quantitative estimate of drug-likeness (QED) is 0.682. The van der Waals surface area contributed by atoms with Crippen molar-refractivity contribution in [1.82, 2.24) is 0 Å². The summed E-state index contributed by atoms with van der Waals surface area (Å²) >= 11 is 0. The van der Waals surface area contributed by atoms with E-state index in [4.69, 9.17) is 0 Å². The smallest absolute Gasteiger partial charge is 0.182 e. The third-order valence-corrected chi connectivity index (χ3v) is 4.84. The predicted molar refractivity (Wildman–Crippen MR) is 86.2 cm³/mol. The first-order valence-electron chi connectivity index (χ1n) is 7.26. The van der Waals surface area contributed by atoms with E-state index in [0.717, 1.165) is 33.4 Å². The Morgan fingerprint density at radius 2 is 1.33 bits per heavy atom. The molecule has 2 aromatic carbocycles. The molecule has 1 heteroatoms. The summed E-state index contributed by atoms with van der Waals surface area (Å²) in [6, 6.07) is 16.1. The molecule has 0 heterocycles. The molecule has 0 saturated carbocycles. The third-order valence-electron chi connectivity index (χ3n) is 4.84. The molecule has 2 aromatic rings. The first kappa shape index (κ1) is 12.3. The van der Waals surface area contributed by atoms with Gasteiger partial charge in [0.1, 0.15) is 5.41 Å². The van der Waals surface area contributed by atoms with E-state index in [2.05, 4.69) is 38.1 Å². The Morgan fingerprint density at radius 1 is 0.762 bits per heavy atom. The van der Waals surface area contributed by atoms with Crippen LogP contribution in [0.25, 0.3) is 12.2 Å². The lowest BCUT2D eigenvalue weighted by Gasteiger charge is -2.36. The topological polar surface area (TPSA) is 17.1 Å². The van der Waals surface area contributed by atoms with E-state index in [9.17, 15) is 4.79 Å². The molecule has 1 unspecified atom stereocenters. The van der Waals surface area contributed by atoms with Gasteiger partial charge in [-0.25, -0.2) is 0 Å². The number of allylic oxidation sites excluding steroid dienone is 2. The van der Waals surface area contributed by atoms with E-state index in [0.29, 0.717) is 0 Å². The number of carbonyl (C=O) groups is 1. The maximum atomic E-state index is 13.3. The summed E-state index contributed by atoms with van der Waals surface area (Å²) in [5.41, 5.74) is 5.79. The minimum absolute atomic E-state index is 0.205. The molecule has 21 heavy (non-hydrogen) atoms. The average molecular weight is 272 g/mol. The van der Waals surface area contributed by atoms with Crippen LogP contribution in [0.4, 0.5) is 0 Å². The molecule has 0 fully saturated rings. The standard InChI is InChI=1S/C20H16O/c1-13-11-15-7-3-5-9-17(15)19(21)20(13)14(2)12-16-8-4-6-10-18(16)20/h3-12H,1-2H3. The Balaban J connectivity index is 2.07. The Labute approximate surface area is 124 Å². The monoisotopic (exact) mass is 272 g/mol. The molecule has 0 radical (unpaired) electrons. The van der Waals surface area contributed by atoms with Crippen LogP contribution >= 0.6 is 0 Å². The molecular weight excluding hydrogens is 256 g/mol. The molecule has 0 aromatic heterocycles. The number of fused-ring (bicyclic) bond motifs is 3. The van der Waals surface area contributed by atoms with Crippen LogP contribution in [0, 0.1) is 0 Å². The van der Waals surface area contributed by atoms with E-state index in [1.54, 1.807) is 0 Å². The molecule has 0 bridgehead atoms. The number of rotatable bonds is 0. The number of Topliss-reactive ketones (excluding diaryl/α,β-unsaturated/α-hetero) is 1. The molecule has 1 spiro atoms. The summed E-state index contributed by atoms with van der Waals surface area (Å²) in [4.78, 5) is 13.3. The highest BCUT2D eigenvalue weighted by Gasteiger charge is 2.49. The first-order valence-corrected chi connectivity index (χ1v) is 7.26. The molecule has 2 aliphatic carbocycles. The van der Waals surface area contributed by atoms with E-state index in [-0.39, 0.29) is 5.78 Å². The van der Waals surface area contributed by atoms with Gasteiger partial charge in [0.05, 0.1) is 0 Å². The van der Waals surface area contributed by atoms with Crippen molar-refractivity contribution in [3.63, 3.8) is 0 Å². The van der Waals surface area contributed by atoms with Crippen molar-refractivity contribution < 1.29 is 4.79 Å². The molecule has 4 rings (SSSR count). The maximum absolute atomic E-state index is 13.3. The van der Waals surface area contributed by atoms with Crippen molar-refractivity contribution in [2.45, 2.75) is 19.3 Å². The van der Waals surface area contributed by atoms with Crippen molar-refractivity contribution in [2.75, 3.05) is 0 Å². The minimum atomic E-state index is -0.592. The van der Waals surface area contributed by atoms with Gasteiger partial charge in [-0.2, -0.15) is 0 Å². The van der Waals surface area contributed by atoms with Crippen LogP contribution in [-0.2, 0) is 5.41 Å². The second-order valence-corrected chi connectivity index (χ2v) is 5.91. The minimum Gasteiger partial charge on any atom is -0.292 e. The zero-order chi connectivity index (χ0) is 14.6. The highest BCUT2D eigenvalue weighted by Crippen LogP contribution is 2.51. The highest BCUT2D eigenvalue weighted by molar-refractivity contribution is 6.15. The normalized spacial score (nSPS) is 22.7. The maximum Gasteiger partial charge on any atom is 0.182 e. The fourth-order valence-corrected chi connectivity index (χ4v) is 3.90. The largest absolute Gasteiger partial charge is 0.292 e. The summed E-state index contributed by atoms with van der Waals surface area (Å²) in [5, 5.41) is 0. The van der Waals surface area contributed by atoms with Gasteiger partial charge in [-0.05, 0) is 30.5 Å². The summed E-state index contributed by atoms with van der Waals surface area (Å²) in [5.74, 6) is 0.205. The van der Waals surface area contributed by atoms with Crippen LogP contribution in [0.2, 0.25) is 0 Å². The predicted octanol–water partition coefficient (Wildman–Crippen LogP) is 4.64. The number of ketones is 1. The number of benzene rings is 2. The van der Waals surface area contributed by atoms with Gasteiger partial charge in [0, 0.05) is 5.56 Å². The van der Waals surface area contributed by atoms with Crippen molar-refractivity contribution in [3.8, 4) is 0 Å².